The van der Waals surface area contributed by atoms with Crippen molar-refractivity contribution < 1.29 is 9.53 Å². The van der Waals surface area contributed by atoms with Gasteiger partial charge in [0.2, 0.25) is 0 Å². The monoisotopic (exact) mass is 280 g/mol. The van der Waals surface area contributed by atoms with Gasteiger partial charge >= 0.3 is 0 Å². The number of hydrogen-bond acceptors (Lipinski definition) is 6. The Bertz CT molecular complexity index is 497. The Morgan fingerprint density at radius 1 is 1.58 bits per heavy atom. The maximum Gasteiger partial charge on any atom is 0.263 e. The molecule has 1 aromatic heterocycles. The number of methoxy groups -OCH3 is 1. The molecule has 1 amide bonds. The van der Waals surface area contributed by atoms with Crippen molar-refractivity contribution in [2.75, 3.05) is 25.6 Å². The Hall–Kier alpha value is -1.91. The average Bonchev–Trinajstić information content (AvgIpc) is 2.70. The molecule has 6 nitrogen and oxygen atoms in total. The van der Waals surface area contributed by atoms with Gasteiger partial charge in [0.1, 0.15) is 11.6 Å². The Kier molecular flexibility index (Phi) is 5.99. The molecule has 0 saturated carbocycles. The normalized spacial score (nSPS) is 10.9. The van der Waals surface area contributed by atoms with Gasteiger partial charge in [0.25, 0.3) is 5.91 Å². The van der Waals surface area contributed by atoms with E-state index in [1.54, 1.807) is 7.11 Å². The van der Waals surface area contributed by atoms with Crippen LogP contribution in [0.25, 0.3) is 0 Å². The van der Waals surface area contributed by atoms with Crippen molar-refractivity contribution in [3.63, 3.8) is 0 Å². The smallest absolute Gasteiger partial charge is 0.263 e. The average molecular weight is 280 g/mol. The van der Waals surface area contributed by atoms with E-state index < -0.39 is 5.91 Å². The minimum atomic E-state index is -0.433. The minimum Gasteiger partial charge on any atom is -0.383 e. The SMILES string of the molecule is COCCNC(=O)/C(C#N)=C\Nc1nc(C)c(C)s1. The number of nitrogens with zero attached hydrogens (tertiary/aromatic N) is 2. The van der Waals surface area contributed by atoms with Crippen molar-refractivity contribution in [3.05, 3.63) is 22.3 Å². The van der Waals surface area contributed by atoms with E-state index in [9.17, 15) is 4.79 Å². The molecule has 0 radical (unpaired) electrons. The molecule has 0 saturated heterocycles. The summed E-state index contributed by atoms with van der Waals surface area (Å²) in [5.74, 6) is -0.433. The van der Waals surface area contributed by atoms with E-state index >= 15 is 0 Å². The third-order valence-electron chi connectivity index (χ3n) is 2.33. The van der Waals surface area contributed by atoms with Gasteiger partial charge in [-0.3, -0.25) is 4.79 Å². The molecule has 0 unspecified atom stereocenters. The zero-order chi connectivity index (χ0) is 14.3. The summed E-state index contributed by atoms with van der Waals surface area (Å²) in [5.41, 5.74) is 0.936. The molecule has 0 bridgehead atoms. The van der Waals surface area contributed by atoms with Gasteiger partial charge in [0, 0.05) is 24.7 Å². The second-order valence-electron chi connectivity index (χ2n) is 3.72. The Balaban J connectivity index is 2.61. The van der Waals surface area contributed by atoms with Crippen LogP contribution in [0, 0.1) is 25.2 Å². The molecule has 102 valence electrons. The van der Waals surface area contributed by atoms with E-state index in [0.717, 1.165) is 10.6 Å². The van der Waals surface area contributed by atoms with Crippen molar-refractivity contribution in [2.24, 2.45) is 0 Å². The number of aryl methyl sites for hydroxylation is 2. The first-order chi connectivity index (χ1) is 9.08. The zero-order valence-corrected chi connectivity index (χ0v) is 11.9. The summed E-state index contributed by atoms with van der Waals surface area (Å²) in [4.78, 5) is 17.0. The third-order valence-corrected chi connectivity index (χ3v) is 3.33. The van der Waals surface area contributed by atoms with Crippen LogP contribution in [0.4, 0.5) is 5.13 Å². The van der Waals surface area contributed by atoms with Crippen molar-refractivity contribution in [2.45, 2.75) is 13.8 Å². The quantitative estimate of drug-likeness (QED) is 0.466. The fourth-order valence-electron chi connectivity index (χ4n) is 1.18. The molecule has 0 atom stereocenters. The second-order valence-corrected chi connectivity index (χ2v) is 4.93. The Labute approximate surface area is 116 Å². The molecule has 0 fully saturated rings. The van der Waals surface area contributed by atoms with Crippen LogP contribution in [0.1, 0.15) is 10.6 Å². The van der Waals surface area contributed by atoms with E-state index in [2.05, 4.69) is 15.6 Å². The highest BCUT2D eigenvalue weighted by atomic mass is 32.1. The first-order valence-electron chi connectivity index (χ1n) is 5.66. The minimum absolute atomic E-state index is 0.00149. The molecule has 1 aromatic rings. The number of amides is 1. The molecule has 2 N–H and O–H groups in total. The highest BCUT2D eigenvalue weighted by Gasteiger charge is 2.08. The van der Waals surface area contributed by atoms with Gasteiger partial charge in [-0.1, -0.05) is 0 Å². The number of ether oxygens (including phenoxy) is 1. The molecule has 0 aliphatic heterocycles. The lowest BCUT2D eigenvalue weighted by Crippen LogP contribution is -2.28. The summed E-state index contributed by atoms with van der Waals surface area (Å²) < 4.78 is 4.81. The zero-order valence-electron chi connectivity index (χ0n) is 11.1. The first-order valence-corrected chi connectivity index (χ1v) is 6.48. The van der Waals surface area contributed by atoms with Gasteiger partial charge in [-0.15, -0.1) is 11.3 Å². The summed E-state index contributed by atoms with van der Waals surface area (Å²) in [6, 6.07) is 1.84. The van der Waals surface area contributed by atoms with Crippen LogP contribution in [0.5, 0.6) is 0 Å². The van der Waals surface area contributed by atoms with Gasteiger partial charge in [0.05, 0.1) is 12.3 Å². The van der Waals surface area contributed by atoms with Crippen LogP contribution in [0.3, 0.4) is 0 Å². The predicted molar refractivity (Wildman–Crippen MR) is 73.8 cm³/mol. The molecule has 19 heavy (non-hydrogen) atoms. The summed E-state index contributed by atoms with van der Waals surface area (Å²) >= 11 is 1.47. The molecule has 7 heteroatoms. The number of carbonyl (C=O) groups is 1. The number of nitriles is 1. The van der Waals surface area contributed by atoms with Crippen LogP contribution in [-0.2, 0) is 9.53 Å². The van der Waals surface area contributed by atoms with Crippen LogP contribution < -0.4 is 10.6 Å². The second kappa shape index (κ2) is 7.51. The molecule has 0 spiro atoms. The highest BCUT2D eigenvalue weighted by molar-refractivity contribution is 7.15. The van der Waals surface area contributed by atoms with Gasteiger partial charge in [-0.25, -0.2) is 4.98 Å². The van der Waals surface area contributed by atoms with Crippen molar-refractivity contribution in [3.8, 4) is 6.07 Å². The number of thiazole rings is 1. The lowest BCUT2D eigenvalue weighted by molar-refractivity contribution is -0.117. The number of carbonyl (C=O) groups excluding carboxylic acids is 1. The summed E-state index contributed by atoms with van der Waals surface area (Å²) in [6.07, 6.45) is 1.36. The molecule has 0 aliphatic carbocycles. The van der Waals surface area contributed by atoms with E-state index in [1.807, 2.05) is 19.9 Å². The molecule has 1 heterocycles. The van der Waals surface area contributed by atoms with E-state index in [-0.39, 0.29) is 5.57 Å². The lowest BCUT2D eigenvalue weighted by Gasteiger charge is -2.03. The lowest BCUT2D eigenvalue weighted by atomic mass is 10.3. The summed E-state index contributed by atoms with van der Waals surface area (Å²) in [7, 11) is 1.54. The fourth-order valence-corrected chi connectivity index (χ4v) is 1.96. The molecular formula is C12H16N4O2S. The standard InChI is InChI=1S/C12H16N4O2S/c1-8-9(2)19-12(16-8)15-7-10(6-13)11(17)14-4-5-18-3/h7H,4-5H2,1-3H3,(H,14,17)(H,15,16)/b10-7-. The largest absolute Gasteiger partial charge is 0.383 e. The van der Waals surface area contributed by atoms with Crippen LogP contribution in [0.15, 0.2) is 11.8 Å². The van der Waals surface area contributed by atoms with E-state index in [4.69, 9.17) is 10.00 Å². The fraction of sp³-hybridized carbons (Fsp3) is 0.417. The summed E-state index contributed by atoms with van der Waals surface area (Å²) in [6.45, 7) is 4.64. The van der Waals surface area contributed by atoms with Crippen molar-refractivity contribution in [1.82, 2.24) is 10.3 Å². The third kappa shape index (κ3) is 4.69. The summed E-state index contributed by atoms with van der Waals surface area (Å²) in [5, 5.41) is 15.0. The molecule has 0 aliphatic rings. The Morgan fingerprint density at radius 3 is 2.84 bits per heavy atom. The number of hydrogen-bond donors (Lipinski definition) is 2. The number of nitrogens with one attached hydrogen (secondary N) is 2. The van der Waals surface area contributed by atoms with Crippen LogP contribution >= 0.6 is 11.3 Å². The van der Waals surface area contributed by atoms with E-state index in [0.29, 0.717) is 18.3 Å². The number of anilines is 1. The van der Waals surface area contributed by atoms with Gasteiger partial charge in [-0.2, -0.15) is 5.26 Å². The molecule has 0 aromatic carbocycles. The first kappa shape index (κ1) is 15.1. The predicted octanol–water partition coefficient (Wildman–Crippen LogP) is 1.34. The number of rotatable bonds is 6. The van der Waals surface area contributed by atoms with Crippen LogP contribution in [0.2, 0.25) is 0 Å². The van der Waals surface area contributed by atoms with Gasteiger partial charge < -0.3 is 15.4 Å². The molecular weight excluding hydrogens is 264 g/mol. The number of aromatic nitrogens is 1. The highest BCUT2D eigenvalue weighted by Crippen LogP contribution is 2.21. The van der Waals surface area contributed by atoms with Gasteiger partial charge in [0.15, 0.2) is 5.13 Å². The van der Waals surface area contributed by atoms with E-state index in [1.165, 1.54) is 17.5 Å². The maximum atomic E-state index is 11.6. The van der Waals surface area contributed by atoms with Gasteiger partial charge in [-0.05, 0) is 13.8 Å². The van der Waals surface area contributed by atoms with Crippen LogP contribution in [-0.4, -0.2) is 31.2 Å². The van der Waals surface area contributed by atoms with Crippen molar-refractivity contribution >= 4 is 22.4 Å². The maximum absolute atomic E-state index is 11.6. The van der Waals surface area contributed by atoms with Crippen molar-refractivity contribution in [1.29, 1.82) is 5.26 Å². The topological polar surface area (TPSA) is 87.0 Å². The Morgan fingerprint density at radius 2 is 2.32 bits per heavy atom. The molecule has 1 rings (SSSR count).